The molecule has 0 atom stereocenters. The molecule has 0 heterocycles. The Labute approximate surface area is 112 Å². The van der Waals surface area contributed by atoms with Crippen molar-refractivity contribution in [3.05, 3.63) is 63.0 Å². The van der Waals surface area contributed by atoms with Crippen molar-refractivity contribution < 1.29 is 9.18 Å². The average Bonchev–Trinajstić information content (AvgIpc) is 2.29. The molecule has 17 heavy (non-hydrogen) atoms. The number of ketones is 1. The first-order chi connectivity index (χ1) is 8.08. The highest BCUT2D eigenvalue weighted by molar-refractivity contribution is 14.1. The number of hydrogen-bond donors (Lipinski definition) is 1. The summed E-state index contributed by atoms with van der Waals surface area (Å²) in [5.74, 6) is -0.474. The molecule has 0 radical (unpaired) electrons. The van der Waals surface area contributed by atoms with Crippen LogP contribution in [0.2, 0.25) is 0 Å². The summed E-state index contributed by atoms with van der Waals surface area (Å²) in [7, 11) is 0. The summed E-state index contributed by atoms with van der Waals surface area (Å²) < 4.78 is 13.5. The van der Waals surface area contributed by atoms with Gasteiger partial charge in [-0.05, 0) is 65.1 Å². The average molecular weight is 341 g/mol. The molecule has 2 aromatic rings. The minimum absolute atomic E-state index is 0.130. The fourth-order valence-electron chi connectivity index (χ4n) is 1.46. The fourth-order valence-corrected chi connectivity index (χ4v) is 2.19. The van der Waals surface area contributed by atoms with Gasteiger partial charge in [-0.1, -0.05) is 0 Å². The molecular formula is C13H9FINO. The van der Waals surface area contributed by atoms with Crippen molar-refractivity contribution in [3.8, 4) is 0 Å². The van der Waals surface area contributed by atoms with E-state index in [9.17, 15) is 9.18 Å². The maximum atomic E-state index is 12.9. The highest BCUT2D eigenvalue weighted by atomic mass is 127. The van der Waals surface area contributed by atoms with Crippen LogP contribution in [-0.4, -0.2) is 5.78 Å². The summed E-state index contributed by atoms with van der Waals surface area (Å²) in [5, 5.41) is 0. The summed E-state index contributed by atoms with van der Waals surface area (Å²) >= 11 is 1.95. The van der Waals surface area contributed by atoms with E-state index < -0.39 is 0 Å². The maximum absolute atomic E-state index is 12.9. The van der Waals surface area contributed by atoms with Crippen LogP contribution in [0.3, 0.4) is 0 Å². The van der Waals surface area contributed by atoms with Gasteiger partial charge in [0.25, 0.3) is 0 Å². The van der Waals surface area contributed by atoms with E-state index in [2.05, 4.69) is 0 Å². The van der Waals surface area contributed by atoms with E-state index in [1.807, 2.05) is 22.6 Å². The van der Waals surface area contributed by atoms with E-state index in [4.69, 9.17) is 5.73 Å². The van der Waals surface area contributed by atoms with Gasteiger partial charge in [-0.3, -0.25) is 4.79 Å². The molecule has 0 aliphatic heterocycles. The van der Waals surface area contributed by atoms with Gasteiger partial charge in [0, 0.05) is 20.4 Å². The number of hydrogen-bond acceptors (Lipinski definition) is 2. The third-order valence-electron chi connectivity index (χ3n) is 2.35. The van der Waals surface area contributed by atoms with Gasteiger partial charge in [-0.2, -0.15) is 0 Å². The molecule has 0 aliphatic carbocycles. The minimum Gasteiger partial charge on any atom is -0.399 e. The van der Waals surface area contributed by atoms with Crippen molar-refractivity contribution in [2.75, 3.05) is 5.73 Å². The van der Waals surface area contributed by atoms with Crippen LogP contribution in [0.5, 0.6) is 0 Å². The molecule has 0 aromatic heterocycles. The van der Waals surface area contributed by atoms with Crippen LogP contribution in [0.4, 0.5) is 10.1 Å². The first-order valence-corrected chi connectivity index (χ1v) is 6.01. The van der Waals surface area contributed by atoms with Crippen LogP contribution in [0.25, 0.3) is 0 Å². The van der Waals surface area contributed by atoms with Crippen molar-refractivity contribution in [2.24, 2.45) is 0 Å². The van der Waals surface area contributed by atoms with Gasteiger partial charge in [-0.15, -0.1) is 0 Å². The second-order valence-electron chi connectivity index (χ2n) is 3.58. The zero-order valence-electron chi connectivity index (χ0n) is 8.78. The standard InChI is InChI=1S/C13H9FINO/c14-9-3-6-11(12(15)7-9)13(17)8-1-4-10(16)5-2-8/h1-7H,16H2. The number of halogens is 2. The van der Waals surface area contributed by atoms with Crippen LogP contribution < -0.4 is 5.73 Å². The van der Waals surface area contributed by atoms with Crippen molar-refractivity contribution in [2.45, 2.75) is 0 Å². The lowest BCUT2D eigenvalue weighted by Gasteiger charge is -2.04. The Hall–Kier alpha value is -1.43. The third-order valence-corrected chi connectivity index (χ3v) is 3.24. The number of anilines is 1. The SMILES string of the molecule is Nc1ccc(C(=O)c2ccc(F)cc2I)cc1. The number of carbonyl (C=O) groups excluding carboxylic acids is 1. The molecule has 0 aliphatic rings. The van der Waals surface area contributed by atoms with Gasteiger partial charge < -0.3 is 5.73 Å². The maximum Gasteiger partial charge on any atom is 0.194 e. The zero-order valence-corrected chi connectivity index (χ0v) is 10.9. The topological polar surface area (TPSA) is 43.1 Å². The van der Waals surface area contributed by atoms with Gasteiger partial charge in [-0.25, -0.2) is 4.39 Å². The minimum atomic E-state index is -0.344. The van der Waals surface area contributed by atoms with Crippen LogP contribution >= 0.6 is 22.6 Å². The predicted molar refractivity (Wildman–Crippen MR) is 73.4 cm³/mol. The van der Waals surface area contributed by atoms with Crippen molar-refractivity contribution in [1.82, 2.24) is 0 Å². The summed E-state index contributed by atoms with van der Waals surface area (Å²) in [5.41, 5.74) is 7.20. The van der Waals surface area contributed by atoms with Crippen LogP contribution in [-0.2, 0) is 0 Å². The normalized spacial score (nSPS) is 10.2. The van der Waals surface area contributed by atoms with Gasteiger partial charge in [0.1, 0.15) is 5.82 Å². The molecule has 4 heteroatoms. The second kappa shape index (κ2) is 4.83. The van der Waals surface area contributed by atoms with E-state index in [0.717, 1.165) is 0 Å². The third kappa shape index (κ3) is 2.63. The quantitative estimate of drug-likeness (QED) is 0.518. The molecule has 0 unspecified atom stereocenters. The molecule has 0 spiro atoms. The zero-order chi connectivity index (χ0) is 12.4. The lowest BCUT2D eigenvalue weighted by atomic mass is 10.0. The predicted octanol–water partition coefficient (Wildman–Crippen LogP) is 3.24. The summed E-state index contributed by atoms with van der Waals surface area (Å²) in [6.07, 6.45) is 0. The molecule has 0 amide bonds. The van der Waals surface area contributed by atoms with Crippen LogP contribution in [0, 0.1) is 9.39 Å². The van der Waals surface area contributed by atoms with E-state index in [1.165, 1.54) is 18.2 Å². The van der Waals surface area contributed by atoms with E-state index in [-0.39, 0.29) is 11.6 Å². The van der Waals surface area contributed by atoms with E-state index in [0.29, 0.717) is 20.4 Å². The largest absolute Gasteiger partial charge is 0.399 e. The monoisotopic (exact) mass is 341 g/mol. The van der Waals surface area contributed by atoms with Gasteiger partial charge >= 0.3 is 0 Å². The van der Waals surface area contributed by atoms with Crippen molar-refractivity contribution in [3.63, 3.8) is 0 Å². The van der Waals surface area contributed by atoms with Gasteiger partial charge in [0.2, 0.25) is 0 Å². The summed E-state index contributed by atoms with van der Waals surface area (Å²) in [4.78, 5) is 12.1. The lowest BCUT2D eigenvalue weighted by Crippen LogP contribution is -2.04. The van der Waals surface area contributed by atoms with Gasteiger partial charge in [0.05, 0.1) is 0 Å². The van der Waals surface area contributed by atoms with E-state index >= 15 is 0 Å². The molecule has 0 saturated carbocycles. The first-order valence-electron chi connectivity index (χ1n) is 4.93. The summed E-state index contributed by atoms with van der Waals surface area (Å²) in [6.45, 7) is 0. The molecule has 0 saturated heterocycles. The van der Waals surface area contributed by atoms with E-state index in [1.54, 1.807) is 24.3 Å². The lowest BCUT2D eigenvalue weighted by molar-refractivity contribution is 0.103. The van der Waals surface area contributed by atoms with Gasteiger partial charge in [0.15, 0.2) is 5.78 Å². The second-order valence-corrected chi connectivity index (χ2v) is 4.74. The number of benzene rings is 2. The fraction of sp³-hybridized carbons (Fsp3) is 0. The number of nitrogens with two attached hydrogens (primary N) is 1. The molecule has 0 fully saturated rings. The van der Waals surface area contributed by atoms with Crippen molar-refractivity contribution >= 4 is 34.1 Å². The Kier molecular flexibility index (Phi) is 3.42. The van der Waals surface area contributed by atoms with Crippen LogP contribution in [0.15, 0.2) is 42.5 Å². The highest BCUT2D eigenvalue weighted by Gasteiger charge is 2.12. The number of carbonyl (C=O) groups is 1. The molecule has 2 rings (SSSR count). The molecular weight excluding hydrogens is 332 g/mol. The molecule has 86 valence electrons. The molecule has 2 nitrogen and oxygen atoms in total. The Morgan fingerprint density at radius 2 is 1.76 bits per heavy atom. The first kappa shape index (κ1) is 12.0. The Balaban J connectivity index is 2.40. The number of rotatable bonds is 2. The molecule has 2 N–H and O–H groups in total. The molecule has 0 bridgehead atoms. The smallest absolute Gasteiger partial charge is 0.194 e. The highest BCUT2D eigenvalue weighted by Crippen LogP contribution is 2.18. The molecule has 2 aromatic carbocycles. The summed E-state index contributed by atoms with van der Waals surface area (Å²) in [6, 6.07) is 10.8. The Bertz CT molecular complexity index is 566. The number of nitrogen functional groups attached to an aromatic ring is 1. The Morgan fingerprint density at radius 1 is 1.12 bits per heavy atom. The van der Waals surface area contributed by atoms with Crippen molar-refractivity contribution in [1.29, 1.82) is 0 Å². The van der Waals surface area contributed by atoms with Crippen LogP contribution in [0.1, 0.15) is 15.9 Å². The Morgan fingerprint density at radius 3 is 2.35 bits per heavy atom.